The van der Waals surface area contributed by atoms with Crippen molar-refractivity contribution in [3.8, 4) is 0 Å². The van der Waals surface area contributed by atoms with E-state index in [4.69, 9.17) is 0 Å². The molecule has 0 N–H and O–H groups in total. The fraction of sp³-hybridized carbons (Fsp3) is 0.545. The van der Waals surface area contributed by atoms with Crippen LogP contribution < -0.4 is 0 Å². The molecule has 0 heterocycles. The topological polar surface area (TPSA) is 15.6 Å². The third kappa shape index (κ3) is 5.23. The summed E-state index contributed by atoms with van der Waals surface area (Å²) in [6.07, 6.45) is 5.88. The molecule has 0 amide bonds. The highest BCUT2D eigenvalue weighted by Crippen LogP contribution is 2.05. The molecule has 13 heavy (non-hydrogen) atoms. The summed E-state index contributed by atoms with van der Waals surface area (Å²) in [5, 5.41) is 0. The summed E-state index contributed by atoms with van der Waals surface area (Å²) in [7, 11) is 0. The fourth-order valence-electron chi connectivity index (χ4n) is 1.18. The molecule has 0 rings (SSSR count). The van der Waals surface area contributed by atoms with Crippen LogP contribution >= 0.6 is 0 Å². The van der Waals surface area contributed by atoms with Crippen molar-refractivity contribution < 1.29 is 0 Å². The second-order valence-electron chi connectivity index (χ2n) is 2.98. The van der Waals surface area contributed by atoms with E-state index in [-0.39, 0.29) is 0 Å². The number of rotatable bonds is 7. The van der Waals surface area contributed by atoms with Crippen LogP contribution in [0.15, 0.2) is 29.5 Å². The molecule has 0 saturated carbocycles. The lowest BCUT2D eigenvalue weighted by atomic mass is 10.3. The van der Waals surface area contributed by atoms with Gasteiger partial charge in [-0.2, -0.15) is 0 Å². The van der Waals surface area contributed by atoms with Crippen LogP contribution in [-0.4, -0.2) is 24.7 Å². The molecule has 0 atom stereocenters. The van der Waals surface area contributed by atoms with Crippen LogP contribution in [0.2, 0.25) is 0 Å². The smallest absolute Gasteiger partial charge is 0.0308 e. The summed E-state index contributed by atoms with van der Waals surface area (Å²) < 4.78 is 0. The number of hydrogen-bond donors (Lipinski definition) is 0. The van der Waals surface area contributed by atoms with Crippen molar-refractivity contribution in [1.82, 2.24) is 4.90 Å². The SMILES string of the molecule is C=N/C=C\C(=C)N(CCC)CCC. The molecule has 0 fully saturated rings. The normalized spacial score (nSPS) is 10.3. The van der Waals surface area contributed by atoms with Crippen molar-refractivity contribution in [2.24, 2.45) is 4.99 Å². The second-order valence-corrected chi connectivity index (χ2v) is 2.98. The van der Waals surface area contributed by atoms with Gasteiger partial charge in [-0.15, -0.1) is 0 Å². The van der Waals surface area contributed by atoms with E-state index < -0.39 is 0 Å². The van der Waals surface area contributed by atoms with E-state index in [0.29, 0.717) is 0 Å². The maximum atomic E-state index is 3.98. The summed E-state index contributed by atoms with van der Waals surface area (Å²) in [5.41, 5.74) is 1.02. The molecule has 0 aromatic heterocycles. The van der Waals surface area contributed by atoms with Crippen LogP contribution in [0.3, 0.4) is 0 Å². The van der Waals surface area contributed by atoms with Gasteiger partial charge >= 0.3 is 0 Å². The van der Waals surface area contributed by atoms with Crippen LogP contribution in [0.1, 0.15) is 26.7 Å². The Kier molecular flexibility index (Phi) is 6.98. The largest absolute Gasteiger partial charge is 0.372 e. The summed E-state index contributed by atoms with van der Waals surface area (Å²) in [6, 6.07) is 0. The molecule has 0 radical (unpaired) electrons. The summed E-state index contributed by atoms with van der Waals surface area (Å²) >= 11 is 0. The van der Waals surface area contributed by atoms with Gasteiger partial charge in [-0.25, -0.2) is 0 Å². The van der Waals surface area contributed by atoms with Gasteiger partial charge in [0.15, 0.2) is 0 Å². The van der Waals surface area contributed by atoms with Gasteiger partial charge in [-0.1, -0.05) is 20.4 Å². The minimum absolute atomic E-state index is 1.02. The first-order chi connectivity index (χ1) is 6.26. The molecular weight excluding hydrogens is 160 g/mol. The first kappa shape index (κ1) is 11.9. The Morgan fingerprint density at radius 2 is 1.85 bits per heavy atom. The Morgan fingerprint density at radius 1 is 1.31 bits per heavy atom. The van der Waals surface area contributed by atoms with E-state index in [1.165, 1.54) is 0 Å². The number of allylic oxidation sites excluding steroid dienone is 1. The second kappa shape index (κ2) is 7.59. The Bertz CT molecular complexity index is 177. The van der Waals surface area contributed by atoms with Crippen molar-refractivity contribution in [3.63, 3.8) is 0 Å². The minimum atomic E-state index is 1.02. The van der Waals surface area contributed by atoms with Crippen molar-refractivity contribution >= 4 is 6.72 Å². The Labute approximate surface area is 81.7 Å². The van der Waals surface area contributed by atoms with Crippen LogP contribution in [-0.2, 0) is 0 Å². The van der Waals surface area contributed by atoms with Gasteiger partial charge < -0.3 is 4.90 Å². The maximum absolute atomic E-state index is 3.98. The van der Waals surface area contributed by atoms with Crippen LogP contribution in [0.25, 0.3) is 0 Å². The molecule has 0 spiro atoms. The predicted molar refractivity (Wildman–Crippen MR) is 60.0 cm³/mol. The molecule has 0 aromatic carbocycles. The van der Waals surface area contributed by atoms with Gasteiger partial charge in [-0.3, -0.25) is 4.99 Å². The van der Waals surface area contributed by atoms with E-state index in [9.17, 15) is 0 Å². The third-order valence-corrected chi connectivity index (χ3v) is 1.77. The lowest BCUT2D eigenvalue weighted by Crippen LogP contribution is -2.23. The highest BCUT2D eigenvalue weighted by molar-refractivity contribution is 5.27. The molecule has 0 aromatic rings. The lowest BCUT2D eigenvalue weighted by Gasteiger charge is -2.23. The summed E-state index contributed by atoms with van der Waals surface area (Å²) in [5.74, 6) is 0. The van der Waals surface area contributed by atoms with E-state index in [1.807, 2.05) is 6.08 Å². The molecule has 0 aliphatic rings. The van der Waals surface area contributed by atoms with Gasteiger partial charge in [-0.05, 0) is 25.6 Å². The van der Waals surface area contributed by atoms with Gasteiger partial charge in [0.1, 0.15) is 0 Å². The summed E-state index contributed by atoms with van der Waals surface area (Å²) in [6.45, 7) is 13.8. The number of aliphatic imine (C=N–C) groups is 1. The molecule has 74 valence electrons. The van der Waals surface area contributed by atoms with Crippen molar-refractivity contribution in [2.45, 2.75) is 26.7 Å². The van der Waals surface area contributed by atoms with E-state index in [2.05, 4.69) is 37.0 Å². The zero-order chi connectivity index (χ0) is 10.1. The van der Waals surface area contributed by atoms with Gasteiger partial charge in [0.25, 0.3) is 0 Å². The molecule has 0 aliphatic carbocycles. The van der Waals surface area contributed by atoms with Crippen molar-refractivity contribution in [1.29, 1.82) is 0 Å². The number of hydrogen-bond acceptors (Lipinski definition) is 2. The Morgan fingerprint density at radius 3 is 2.23 bits per heavy atom. The fourth-order valence-corrected chi connectivity index (χ4v) is 1.18. The minimum Gasteiger partial charge on any atom is -0.372 e. The first-order valence-electron chi connectivity index (χ1n) is 4.82. The number of nitrogens with zero attached hydrogens (tertiary/aromatic N) is 2. The highest BCUT2D eigenvalue weighted by Gasteiger charge is 2.01. The van der Waals surface area contributed by atoms with E-state index in [0.717, 1.165) is 31.6 Å². The summed E-state index contributed by atoms with van der Waals surface area (Å²) in [4.78, 5) is 5.93. The van der Waals surface area contributed by atoms with E-state index >= 15 is 0 Å². The molecule has 0 aliphatic heterocycles. The maximum Gasteiger partial charge on any atom is 0.0308 e. The van der Waals surface area contributed by atoms with E-state index in [1.54, 1.807) is 6.20 Å². The van der Waals surface area contributed by atoms with Gasteiger partial charge in [0.2, 0.25) is 0 Å². The van der Waals surface area contributed by atoms with Gasteiger partial charge in [0, 0.05) is 25.0 Å². The van der Waals surface area contributed by atoms with Crippen molar-refractivity contribution in [2.75, 3.05) is 13.1 Å². The quantitative estimate of drug-likeness (QED) is 0.434. The monoisotopic (exact) mass is 180 g/mol. The zero-order valence-corrected chi connectivity index (χ0v) is 8.79. The molecule has 2 nitrogen and oxygen atoms in total. The van der Waals surface area contributed by atoms with Crippen LogP contribution in [0, 0.1) is 0 Å². The standard InChI is InChI=1S/C11H20N2/c1-5-9-13(10-6-2)11(3)7-8-12-4/h7-8H,3-6,9-10H2,1-2H3/b8-7-. The lowest BCUT2D eigenvalue weighted by molar-refractivity contribution is 0.356. The molecular formula is C11H20N2. The Hall–Kier alpha value is -1.05. The Balaban J connectivity index is 4.09. The molecule has 0 saturated heterocycles. The first-order valence-corrected chi connectivity index (χ1v) is 4.82. The van der Waals surface area contributed by atoms with Crippen LogP contribution in [0.4, 0.5) is 0 Å². The third-order valence-electron chi connectivity index (χ3n) is 1.77. The van der Waals surface area contributed by atoms with Crippen LogP contribution in [0.5, 0.6) is 0 Å². The molecule has 0 bridgehead atoms. The average molecular weight is 180 g/mol. The zero-order valence-electron chi connectivity index (χ0n) is 8.79. The molecule has 2 heteroatoms. The highest BCUT2D eigenvalue weighted by atomic mass is 15.1. The molecule has 0 unspecified atom stereocenters. The van der Waals surface area contributed by atoms with Gasteiger partial charge in [0.05, 0.1) is 0 Å². The van der Waals surface area contributed by atoms with Crippen molar-refractivity contribution in [3.05, 3.63) is 24.6 Å². The average Bonchev–Trinajstić information content (AvgIpc) is 2.14. The predicted octanol–water partition coefficient (Wildman–Crippen LogP) is 2.84.